The van der Waals surface area contributed by atoms with E-state index in [2.05, 4.69) is 20.1 Å². The second-order valence-electron chi connectivity index (χ2n) is 5.09. The van der Waals surface area contributed by atoms with E-state index in [1.54, 1.807) is 11.6 Å². The zero-order chi connectivity index (χ0) is 17.5. The van der Waals surface area contributed by atoms with Crippen LogP contribution >= 0.6 is 23.1 Å². The van der Waals surface area contributed by atoms with Crippen molar-refractivity contribution in [2.45, 2.75) is 13.0 Å². The molecule has 1 aromatic carbocycles. The van der Waals surface area contributed by atoms with Crippen LogP contribution in [0.1, 0.15) is 11.3 Å². The number of rotatable bonds is 7. The fourth-order valence-corrected chi connectivity index (χ4v) is 2.86. The molecule has 0 spiro atoms. The Morgan fingerprint density at radius 2 is 2.04 bits per heavy atom. The number of carbonyl (C=O) groups is 1. The molecule has 0 radical (unpaired) electrons. The van der Waals surface area contributed by atoms with Gasteiger partial charge in [-0.05, 0) is 17.7 Å². The lowest BCUT2D eigenvalue weighted by Gasteiger charge is -2.10. The second kappa shape index (κ2) is 8.46. The molecule has 1 amide bonds. The zero-order valence-electron chi connectivity index (χ0n) is 13.1. The molecule has 0 aliphatic carbocycles. The number of amides is 1. The third-order valence-electron chi connectivity index (χ3n) is 3.23. The molecule has 0 aliphatic heterocycles. The van der Waals surface area contributed by atoms with Gasteiger partial charge in [-0.15, -0.1) is 11.3 Å². The van der Waals surface area contributed by atoms with Crippen LogP contribution in [0.2, 0.25) is 0 Å². The Balaban J connectivity index is 1.67. The Morgan fingerprint density at radius 1 is 1.20 bits per heavy atom. The van der Waals surface area contributed by atoms with Crippen LogP contribution in [0, 0.1) is 0 Å². The highest BCUT2D eigenvalue weighted by atomic mass is 35.5. The Bertz CT molecular complexity index is 841. The number of benzene rings is 1. The summed E-state index contributed by atoms with van der Waals surface area (Å²) >= 11 is 6.66. The number of carbonyl (C=O) groups excluding carboxylic acids is 1. The first-order valence-electron chi connectivity index (χ1n) is 7.47. The van der Waals surface area contributed by atoms with Crippen molar-refractivity contribution >= 4 is 40.0 Å². The molecular weight excluding hydrogens is 360 g/mol. The van der Waals surface area contributed by atoms with Gasteiger partial charge in [0, 0.05) is 23.4 Å². The van der Waals surface area contributed by atoms with Crippen LogP contribution < -0.4 is 14.9 Å². The Kier molecular flexibility index (Phi) is 5.81. The van der Waals surface area contributed by atoms with Crippen molar-refractivity contribution in [1.82, 2.24) is 14.8 Å². The minimum absolute atomic E-state index is 0.126. The summed E-state index contributed by atoms with van der Waals surface area (Å²) in [6.07, 6.45) is 1.80. The largest absolute Gasteiger partial charge is 0.485 e. The van der Waals surface area contributed by atoms with E-state index in [0.29, 0.717) is 29.0 Å². The molecule has 2 heterocycles. The predicted molar refractivity (Wildman–Crippen MR) is 98.1 cm³/mol. The number of ether oxygens (including phenoxy) is 1. The van der Waals surface area contributed by atoms with Gasteiger partial charge in [0.25, 0.3) is 0 Å². The lowest BCUT2D eigenvalue weighted by Crippen LogP contribution is -2.15. The van der Waals surface area contributed by atoms with E-state index in [1.807, 2.05) is 42.5 Å². The number of hydrogen-bond donors (Lipinski definition) is 2. The van der Waals surface area contributed by atoms with Gasteiger partial charge in [-0.25, -0.2) is 9.97 Å². The van der Waals surface area contributed by atoms with Crippen molar-refractivity contribution in [3.05, 3.63) is 65.3 Å². The van der Waals surface area contributed by atoms with Gasteiger partial charge in [-0.2, -0.15) is 0 Å². The maximum Gasteiger partial charge on any atom is 0.240 e. The van der Waals surface area contributed by atoms with Gasteiger partial charge >= 0.3 is 0 Å². The maximum atomic E-state index is 11.3. The van der Waals surface area contributed by atoms with E-state index in [-0.39, 0.29) is 12.3 Å². The first-order chi connectivity index (χ1) is 12.2. The molecule has 128 valence electrons. The highest BCUT2D eigenvalue weighted by Gasteiger charge is 2.10. The Labute approximate surface area is 154 Å². The summed E-state index contributed by atoms with van der Waals surface area (Å²) in [5.74, 6) is 0.894. The summed E-state index contributed by atoms with van der Waals surface area (Å²) in [6.45, 7) is 0.445. The maximum absolute atomic E-state index is 11.3. The van der Waals surface area contributed by atoms with Crippen LogP contribution in [0.5, 0.6) is 5.75 Å². The average Bonchev–Trinajstić information content (AvgIpc) is 3.08. The number of anilines is 2. The Morgan fingerprint density at radius 3 is 2.84 bits per heavy atom. The van der Waals surface area contributed by atoms with E-state index < -0.39 is 0 Å². The van der Waals surface area contributed by atoms with Crippen molar-refractivity contribution in [2.75, 3.05) is 5.32 Å². The third-order valence-corrected chi connectivity index (χ3v) is 4.25. The lowest BCUT2D eigenvalue weighted by atomic mass is 10.2. The van der Waals surface area contributed by atoms with Gasteiger partial charge in [-0.1, -0.05) is 30.3 Å². The number of nitrogens with zero attached hydrogens (tertiary/aromatic N) is 2. The van der Waals surface area contributed by atoms with Crippen LogP contribution in [0.25, 0.3) is 0 Å². The van der Waals surface area contributed by atoms with E-state index in [0.717, 1.165) is 5.56 Å². The molecule has 0 saturated heterocycles. The Hall–Kier alpha value is -2.64. The van der Waals surface area contributed by atoms with Crippen LogP contribution in [0.3, 0.4) is 0 Å². The fourth-order valence-electron chi connectivity index (χ4n) is 2.08. The van der Waals surface area contributed by atoms with E-state index in [1.165, 1.54) is 11.3 Å². The highest BCUT2D eigenvalue weighted by molar-refractivity contribution is 7.13. The van der Waals surface area contributed by atoms with Crippen molar-refractivity contribution in [1.29, 1.82) is 0 Å². The van der Waals surface area contributed by atoms with E-state index in [9.17, 15) is 4.79 Å². The van der Waals surface area contributed by atoms with Crippen LogP contribution in [0.4, 0.5) is 10.9 Å². The summed E-state index contributed by atoms with van der Waals surface area (Å²) in [5.41, 5.74) is 1.70. The van der Waals surface area contributed by atoms with Crippen LogP contribution in [0.15, 0.2) is 54.0 Å². The van der Waals surface area contributed by atoms with E-state index in [4.69, 9.17) is 16.5 Å². The van der Waals surface area contributed by atoms with Crippen molar-refractivity contribution in [2.24, 2.45) is 0 Å². The monoisotopic (exact) mass is 374 g/mol. The van der Waals surface area contributed by atoms with Gasteiger partial charge in [0.2, 0.25) is 5.91 Å². The van der Waals surface area contributed by atoms with Gasteiger partial charge in [0.15, 0.2) is 16.7 Å². The molecular formula is C17H15ClN4O2S. The van der Waals surface area contributed by atoms with Gasteiger partial charge in [-0.3, -0.25) is 9.63 Å². The molecule has 2 N–H and O–H groups in total. The zero-order valence-corrected chi connectivity index (χ0v) is 14.7. The summed E-state index contributed by atoms with van der Waals surface area (Å²) in [5, 5.41) is 5.55. The molecule has 3 rings (SSSR count). The van der Waals surface area contributed by atoms with Crippen LogP contribution in [-0.2, 0) is 17.8 Å². The number of hydrogen-bond acceptors (Lipinski definition) is 6. The lowest BCUT2D eigenvalue weighted by molar-refractivity contribution is -0.118. The smallest absolute Gasteiger partial charge is 0.240 e. The molecule has 0 saturated carbocycles. The topological polar surface area (TPSA) is 76.1 Å². The summed E-state index contributed by atoms with van der Waals surface area (Å²) in [7, 11) is 0. The summed E-state index contributed by atoms with van der Waals surface area (Å²) < 4.78 is 5.85. The van der Waals surface area contributed by atoms with Crippen molar-refractivity contribution in [3.63, 3.8) is 0 Å². The van der Waals surface area contributed by atoms with Crippen molar-refractivity contribution in [3.8, 4) is 5.75 Å². The summed E-state index contributed by atoms with van der Waals surface area (Å²) in [4.78, 5) is 22.0. The van der Waals surface area contributed by atoms with Crippen molar-refractivity contribution < 1.29 is 9.53 Å². The molecule has 0 bridgehead atoms. The molecule has 3 aromatic rings. The molecule has 0 aliphatic rings. The number of halogens is 1. The van der Waals surface area contributed by atoms with Gasteiger partial charge in [0.05, 0.1) is 12.1 Å². The predicted octanol–water partition coefficient (Wildman–Crippen LogP) is 3.67. The van der Waals surface area contributed by atoms with Gasteiger partial charge in [0.1, 0.15) is 6.61 Å². The first-order valence-corrected chi connectivity index (χ1v) is 8.73. The quantitative estimate of drug-likeness (QED) is 0.617. The molecule has 0 unspecified atom stereocenters. The molecule has 6 nitrogen and oxygen atoms in total. The van der Waals surface area contributed by atoms with Gasteiger partial charge < -0.3 is 10.1 Å². The SMILES string of the molecule is O=C(Cc1csc(Nc2ncccc2OCc2ccccc2)n1)NCl. The number of nitrogens with one attached hydrogen (secondary N) is 2. The molecule has 0 atom stereocenters. The average molecular weight is 375 g/mol. The normalized spacial score (nSPS) is 10.3. The second-order valence-corrected chi connectivity index (χ2v) is 6.13. The number of pyridine rings is 1. The molecule has 25 heavy (non-hydrogen) atoms. The molecule has 0 fully saturated rings. The number of thiazole rings is 1. The molecule has 8 heteroatoms. The standard InChI is InChI=1S/C17H15ClN4O2S/c18-22-15(23)9-13-11-25-17(20-13)21-16-14(7-4-8-19-16)24-10-12-5-2-1-3-6-12/h1-8,11H,9-10H2,(H,22,23)(H,19,20,21). The minimum Gasteiger partial charge on any atom is -0.485 e. The minimum atomic E-state index is -0.303. The number of aromatic nitrogens is 2. The fraction of sp³-hybridized carbons (Fsp3) is 0.118. The third kappa shape index (κ3) is 4.91. The van der Waals surface area contributed by atoms with Crippen LogP contribution in [-0.4, -0.2) is 15.9 Å². The highest BCUT2D eigenvalue weighted by Crippen LogP contribution is 2.27. The molecule has 2 aromatic heterocycles. The van der Waals surface area contributed by atoms with E-state index >= 15 is 0 Å². The summed E-state index contributed by atoms with van der Waals surface area (Å²) in [6, 6.07) is 13.5. The first kappa shape index (κ1) is 17.2.